The summed E-state index contributed by atoms with van der Waals surface area (Å²) in [6, 6.07) is 14.8. The van der Waals surface area contributed by atoms with Gasteiger partial charge in [0, 0.05) is 44.7 Å². The molecular weight excluding hydrogens is 454 g/mol. The molecule has 0 saturated carbocycles. The summed E-state index contributed by atoms with van der Waals surface area (Å²) in [5, 5.41) is 3.96. The van der Waals surface area contributed by atoms with Crippen LogP contribution in [0.2, 0.25) is 0 Å². The number of rotatable bonds is 5. The fraction of sp³-hybridized carbons (Fsp3) is 0.292. The van der Waals surface area contributed by atoms with Crippen molar-refractivity contribution in [3.63, 3.8) is 0 Å². The van der Waals surface area contributed by atoms with Gasteiger partial charge in [-0.2, -0.15) is 0 Å². The SMILES string of the molecule is O=C1CCC(=O)N(c2ccc(C(=O)OCC(=O)N3CCN(C(=O)Nc4ccccc4)CC3)cc2)N1. The molecule has 0 aromatic heterocycles. The Bertz CT molecular complexity index is 1110. The third-order valence-corrected chi connectivity index (χ3v) is 5.68. The molecule has 2 aromatic carbocycles. The maximum atomic E-state index is 12.5. The van der Waals surface area contributed by atoms with Crippen molar-refractivity contribution in [2.24, 2.45) is 0 Å². The summed E-state index contributed by atoms with van der Waals surface area (Å²) >= 11 is 0. The van der Waals surface area contributed by atoms with Gasteiger partial charge in [0.05, 0.1) is 11.3 Å². The van der Waals surface area contributed by atoms with Crippen molar-refractivity contribution >= 4 is 41.1 Å². The maximum Gasteiger partial charge on any atom is 0.338 e. The van der Waals surface area contributed by atoms with E-state index in [-0.39, 0.29) is 42.2 Å². The minimum atomic E-state index is -0.681. The van der Waals surface area contributed by atoms with E-state index in [2.05, 4.69) is 10.7 Å². The molecule has 2 N–H and O–H groups in total. The number of hydrogen-bond donors (Lipinski definition) is 2. The Morgan fingerprint density at radius 2 is 1.51 bits per heavy atom. The van der Waals surface area contributed by atoms with E-state index in [0.717, 1.165) is 5.01 Å². The number of nitrogens with zero attached hydrogens (tertiary/aromatic N) is 3. The van der Waals surface area contributed by atoms with Crippen LogP contribution in [-0.4, -0.2) is 72.3 Å². The molecule has 11 heteroatoms. The summed E-state index contributed by atoms with van der Waals surface area (Å²) in [5.74, 6) is -1.54. The highest BCUT2D eigenvalue weighted by Gasteiger charge is 2.26. The zero-order valence-electron chi connectivity index (χ0n) is 18.9. The molecule has 0 radical (unpaired) electrons. The van der Waals surface area contributed by atoms with Crippen LogP contribution in [0, 0.1) is 0 Å². The number of amides is 5. The Morgan fingerprint density at radius 1 is 0.857 bits per heavy atom. The first-order valence-electron chi connectivity index (χ1n) is 11.2. The van der Waals surface area contributed by atoms with E-state index in [0.29, 0.717) is 37.6 Å². The van der Waals surface area contributed by atoms with Crippen LogP contribution in [0.3, 0.4) is 0 Å². The van der Waals surface area contributed by atoms with Gasteiger partial charge in [-0.25, -0.2) is 14.6 Å². The lowest BCUT2D eigenvalue weighted by Gasteiger charge is -2.34. The molecule has 0 unspecified atom stereocenters. The fourth-order valence-electron chi connectivity index (χ4n) is 3.72. The van der Waals surface area contributed by atoms with Gasteiger partial charge < -0.3 is 19.9 Å². The molecule has 0 aliphatic carbocycles. The minimum Gasteiger partial charge on any atom is -0.452 e. The molecule has 182 valence electrons. The van der Waals surface area contributed by atoms with Gasteiger partial charge in [0.25, 0.3) is 5.91 Å². The van der Waals surface area contributed by atoms with Crippen LogP contribution in [0.25, 0.3) is 0 Å². The van der Waals surface area contributed by atoms with E-state index in [1.807, 2.05) is 18.2 Å². The Balaban J connectivity index is 1.22. The van der Waals surface area contributed by atoms with E-state index >= 15 is 0 Å². The second-order valence-corrected chi connectivity index (χ2v) is 8.05. The van der Waals surface area contributed by atoms with Crippen LogP contribution in [-0.2, 0) is 19.1 Å². The van der Waals surface area contributed by atoms with Crippen LogP contribution in [0.5, 0.6) is 0 Å². The Hall–Kier alpha value is -4.41. The highest BCUT2D eigenvalue weighted by atomic mass is 16.5. The molecule has 2 fully saturated rings. The number of benzene rings is 2. The van der Waals surface area contributed by atoms with E-state index in [9.17, 15) is 24.0 Å². The standard InChI is InChI=1S/C24H25N5O6/c30-20-10-11-21(31)29(26-20)19-8-6-17(7-9-19)23(33)35-16-22(32)27-12-14-28(15-13-27)24(34)25-18-4-2-1-3-5-18/h1-9H,10-16H2,(H,25,34)(H,26,30). The lowest BCUT2D eigenvalue weighted by Crippen LogP contribution is -2.52. The molecule has 2 aliphatic heterocycles. The zero-order valence-corrected chi connectivity index (χ0v) is 18.9. The maximum absolute atomic E-state index is 12.5. The molecule has 0 spiro atoms. The van der Waals surface area contributed by atoms with E-state index in [1.54, 1.807) is 21.9 Å². The highest BCUT2D eigenvalue weighted by molar-refractivity contribution is 6.01. The summed E-state index contributed by atoms with van der Waals surface area (Å²) in [7, 11) is 0. The van der Waals surface area contributed by atoms with Crippen molar-refractivity contribution in [1.29, 1.82) is 0 Å². The number of hydrazine groups is 1. The second kappa shape index (κ2) is 10.7. The molecule has 2 aromatic rings. The zero-order chi connectivity index (χ0) is 24.8. The van der Waals surface area contributed by atoms with Gasteiger partial charge in [-0.3, -0.25) is 19.8 Å². The Kier molecular flexibility index (Phi) is 7.24. The van der Waals surface area contributed by atoms with E-state index in [4.69, 9.17) is 4.74 Å². The van der Waals surface area contributed by atoms with E-state index in [1.165, 1.54) is 24.3 Å². The van der Waals surface area contributed by atoms with Crippen LogP contribution >= 0.6 is 0 Å². The largest absolute Gasteiger partial charge is 0.452 e. The molecule has 2 aliphatic rings. The molecule has 11 nitrogen and oxygen atoms in total. The number of hydrogen-bond acceptors (Lipinski definition) is 6. The lowest BCUT2D eigenvalue weighted by molar-refractivity contribution is -0.135. The third kappa shape index (κ3) is 5.94. The minimum absolute atomic E-state index is 0.115. The predicted octanol–water partition coefficient (Wildman–Crippen LogP) is 1.38. The van der Waals surface area contributed by atoms with Gasteiger partial charge in [0.1, 0.15) is 0 Å². The first kappa shape index (κ1) is 23.7. The van der Waals surface area contributed by atoms with Crippen molar-refractivity contribution in [2.75, 3.05) is 43.1 Å². The summed E-state index contributed by atoms with van der Waals surface area (Å²) in [6.07, 6.45) is 0.257. The summed E-state index contributed by atoms with van der Waals surface area (Å²) in [4.78, 5) is 63.9. The fourth-order valence-corrected chi connectivity index (χ4v) is 3.72. The Labute approximate surface area is 201 Å². The van der Waals surface area contributed by atoms with Gasteiger partial charge in [-0.15, -0.1) is 0 Å². The number of piperazine rings is 1. The summed E-state index contributed by atoms with van der Waals surface area (Å²) in [5.41, 5.74) is 3.81. The van der Waals surface area contributed by atoms with Crippen molar-refractivity contribution in [2.45, 2.75) is 12.8 Å². The number of nitrogens with one attached hydrogen (secondary N) is 2. The summed E-state index contributed by atoms with van der Waals surface area (Å²) in [6.45, 7) is 0.986. The number of para-hydroxylation sites is 1. The van der Waals surface area contributed by atoms with Gasteiger partial charge >= 0.3 is 12.0 Å². The molecule has 2 saturated heterocycles. The Morgan fingerprint density at radius 3 is 2.20 bits per heavy atom. The van der Waals surface area contributed by atoms with Crippen molar-refractivity contribution in [3.8, 4) is 0 Å². The van der Waals surface area contributed by atoms with Gasteiger partial charge in [0.15, 0.2) is 6.61 Å². The average Bonchev–Trinajstić information content (AvgIpc) is 2.89. The van der Waals surface area contributed by atoms with Crippen LogP contribution in [0.1, 0.15) is 23.2 Å². The molecule has 35 heavy (non-hydrogen) atoms. The summed E-state index contributed by atoms with van der Waals surface area (Å²) < 4.78 is 5.15. The van der Waals surface area contributed by atoms with Crippen LogP contribution < -0.4 is 15.8 Å². The molecule has 2 heterocycles. The average molecular weight is 479 g/mol. The first-order valence-corrected chi connectivity index (χ1v) is 11.2. The first-order chi connectivity index (χ1) is 16.9. The molecule has 5 amide bonds. The monoisotopic (exact) mass is 479 g/mol. The molecule has 0 bridgehead atoms. The molecule has 4 rings (SSSR count). The molecule has 0 atom stereocenters. The van der Waals surface area contributed by atoms with Gasteiger partial charge in [0.2, 0.25) is 11.8 Å². The number of urea groups is 1. The van der Waals surface area contributed by atoms with Gasteiger partial charge in [-0.05, 0) is 36.4 Å². The third-order valence-electron chi connectivity index (χ3n) is 5.68. The number of esters is 1. The molecular formula is C24H25N5O6. The van der Waals surface area contributed by atoms with Crippen molar-refractivity contribution < 1.29 is 28.7 Å². The van der Waals surface area contributed by atoms with Crippen LogP contribution in [0.4, 0.5) is 16.2 Å². The topological polar surface area (TPSA) is 128 Å². The number of carbonyl (C=O) groups is 5. The van der Waals surface area contributed by atoms with Crippen molar-refractivity contribution in [1.82, 2.24) is 15.2 Å². The quantitative estimate of drug-likeness (QED) is 0.624. The lowest BCUT2D eigenvalue weighted by atomic mass is 10.2. The number of carbonyl (C=O) groups excluding carboxylic acids is 5. The highest BCUT2D eigenvalue weighted by Crippen LogP contribution is 2.18. The second-order valence-electron chi connectivity index (χ2n) is 8.05. The normalized spacial score (nSPS) is 15.9. The van der Waals surface area contributed by atoms with Gasteiger partial charge in [-0.1, -0.05) is 18.2 Å². The van der Waals surface area contributed by atoms with E-state index < -0.39 is 12.6 Å². The predicted molar refractivity (Wildman–Crippen MR) is 125 cm³/mol. The smallest absolute Gasteiger partial charge is 0.338 e. The number of anilines is 2. The number of ether oxygens (including phenoxy) is 1. The van der Waals surface area contributed by atoms with Crippen molar-refractivity contribution in [3.05, 3.63) is 60.2 Å². The van der Waals surface area contributed by atoms with Crippen LogP contribution in [0.15, 0.2) is 54.6 Å².